The summed E-state index contributed by atoms with van der Waals surface area (Å²) in [5.74, 6) is 2.37. The first kappa shape index (κ1) is 19.4. The molecule has 0 spiro atoms. The van der Waals surface area contributed by atoms with Crippen LogP contribution in [0.2, 0.25) is 0 Å². The smallest absolute Gasteiger partial charge is 0.210 e. The molecular weight excluding hydrogens is 380 g/mol. The SMILES string of the molecule is CC.CC1=c2cc3c4c(c2Oc2c1cc1c5c2CCCN5CCC1)CCC[N+]=4CCC3. The van der Waals surface area contributed by atoms with Gasteiger partial charge in [0.2, 0.25) is 5.36 Å². The number of fused-ring (bicyclic) bond motifs is 4. The Morgan fingerprint density at radius 1 is 0.806 bits per heavy atom. The van der Waals surface area contributed by atoms with E-state index in [1.165, 1.54) is 115 Å². The maximum absolute atomic E-state index is 6.91. The summed E-state index contributed by atoms with van der Waals surface area (Å²) in [6.07, 6.45) is 9.84. The molecule has 0 fully saturated rings. The lowest BCUT2D eigenvalue weighted by Gasteiger charge is -2.39. The van der Waals surface area contributed by atoms with Crippen LogP contribution in [0.5, 0.6) is 11.5 Å². The molecule has 3 heteroatoms. The molecular formula is C28H35N2O+. The van der Waals surface area contributed by atoms with Crippen molar-refractivity contribution < 1.29 is 4.74 Å². The maximum Gasteiger partial charge on any atom is 0.210 e. The molecule has 0 atom stereocenters. The van der Waals surface area contributed by atoms with Gasteiger partial charge in [-0.3, -0.25) is 0 Å². The molecule has 0 saturated carbocycles. The fraction of sp³-hybridized carbons (Fsp3) is 0.536. The number of ether oxygens (including phenoxy) is 1. The minimum Gasteiger partial charge on any atom is -0.455 e. The van der Waals surface area contributed by atoms with Gasteiger partial charge in [0, 0.05) is 53.5 Å². The van der Waals surface area contributed by atoms with Crippen molar-refractivity contribution in [3.8, 4) is 11.5 Å². The molecule has 162 valence electrons. The Balaban J connectivity index is 0.000000902. The molecule has 2 aromatic rings. The van der Waals surface area contributed by atoms with Crippen LogP contribution in [0.4, 0.5) is 5.69 Å². The molecule has 2 aromatic carbocycles. The van der Waals surface area contributed by atoms with Crippen LogP contribution in [0, 0.1) is 0 Å². The van der Waals surface area contributed by atoms with Crippen LogP contribution >= 0.6 is 0 Å². The number of nitrogens with zero attached hydrogens (tertiary/aromatic N) is 2. The number of hydrogen-bond acceptors (Lipinski definition) is 2. The number of benzene rings is 2. The Bertz CT molecular complexity index is 1200. The lowest BCUT2D eigenvalue weighted by atomic mass is 9.85. The van der Waals surface area contributed by atoms with Gasteiger partial charge in [0.1, 0.15) is 24.6 Å². The van der Waals surface area contributed by atoms with Gasteiger partial charge in [0.15, 0.2) is 0 Å². The van der Waals surface area contributed by atoms with Crippen LogP contribution in [-0.4, -0.2) is 26.2 Å². The molecule has 0 aromatic heterocycles. The third kappa shape index (κ3) is 2.74. The molecule has 5 aliphatic rings. The fourth-order valence-corrected chi connectivity index (χ4v) is 6.70. The van der Waals surface area contributed by atoms with E-state index in [1.807, 2.05) is 13.8 Å². The first-order valence-corrected chi connectivity index (χ1v) is 12.7. The molecule has 31 heavy (non-hydrogen) atoms. The molecule has 0 bridgehead atoms. The van der Waals surface area contributed by atoms with Crippen molar-refractivity contribution in [3.05, 3.63) is 50.5 Å². The number of anilines is 1. The van der Waals surface area contributed by atoms with Gasteiger partial charge < -0.3 is 9.64 Å². The van der Waals surface area contributed by atoms with Crippen molar-refractivity contribution in [2.24, 2.45) is 0 Å². The van der Waals surface area contributed by atoms with E-state index < -0.39 is 0 Å². The van der Waals surface area contributed by atoms with Gasteiger partial charge in [-0.15, -0.1) is 0 Å². The van der Waals surface area contributed by atoms with E-state index in [2.05, 4.69) is 28.5 Å². The highest BCUT2D eigenvalue weighted by molar-refractivity contribution is 5.81. The fourth-order valence-electron chi connectivity index (χ4n) is 6.70. The zero-order chi connectivity index (χ0) is 21.1. The summed E-state index contributed by atoms with van der Waals surface area (Å²) >= 11 is 0. The van der Waals surface area contributed by atoms with E-state index in [0.717, 1.165) is 12.8 Å². The standard InChI is InChI=1S/C26H29N2O.C2H6/c1-16-21-14-17-6-2-10-27-12-4-8-19(23(17)27)25(21)29-26-20-9-5-13-28-11-3-7-18(24(20)28)15-22(16)26;1-2/h14-15H,2-13H2,1H3;1-2H3/q+1;. The monoisotopic (exact) mass is 415 g/mol. The van der Waals surface area contributed by atoms with Gasteiger partial charge >= 0.3 is 0 Å². The van der Waals surface area contributed by atoms with Crippen molar-refractivity contribution >= 4 is 11.3 Å². The molecule has 0 amide bonds. The second-order valence-electron chi connectivity index (χ2n) is 9.59. The third-order valence-electron chi connectivity index (χ3n) is 7.96. The van der Waals surface area contributed by atoms with Crippen LogP contribution in [0.1, 0.15) is 74.3 Å². The van der Waals surface area contributed by atoms with Crippen LogP contribution in [0.15, 0.2) is 12.1 Å². The molecule has 3 nitrogen and oxygen atoms in total. The number of aryl methyl sites for hydroxylation is 2. The average Bonchev–Trinajstić information content (AvgIpc) is 2.83. The van der Waals surface area contributed by atoms with Gasteiger partial charge in [-0.05, 0) is 68.7 Å². The Kier molecular flexibility index (Phi) is 4.63. The Morgan fingerprint density at radius 3 is 2.35 bits per heavy atom. The van der Waals surface area contributed by atoms with E-state index in [-0.39, 0.29) is 0 Å². The van der Waals surface area contributed by atoms with Gasteiger partial charge in [-0.1, -0.05) is 13.8 Å². The van der Waals surface area contributed by atoms with Gasteiger partial charge in [-0.25, -0.2) is 4.58 Å². The minimum atomic E-state index is 1.16. The summed E-state index contributed by atoms with van der Waals surface area (Å²) in [5, 5.41) is 2.89. The van der Waals surface area contributed by atoms with Crippen LogP contribution in [0.3, 0.4) is 0 Å². The Labute approximate surface area is 186 Å². The topological polar surface area (TPSA) is 15.5 Å². The zero-order valence-corrected chi connectivity index (χ0v) is 19.4. The van der Waals surface area contributed by atoms with Crippen molar-refractivity contribution in [3.63, 3.8) is 0 Å². The Morgan fingerprint density at radius 2 is 1.52 bits per heavy atom. The van der Waals surface area contributed by atoms with Crippen molar-refractivity contribution in [2.45, 2.75) is 72.1 Å². The Hall–Kier alpha value is -2.29. The van der Waals surface area contributed by atoms with E-state index in [0.29, 0.717) is 0 Å². The van der Waals surface area contributed by atoms with Gasteiger partial charge in [0.05, 0.1) is 5.56 Å². The largest absolute Gasteiger partial charge is 0.455 e. The molecule has 5 heterocycles. The van der Waals surface area contributed by atoms with Crippen LogP contribution in [0.25, 0.3) is 5.57 Å². The predicted octanol–water partition coefficient (Wildman–Crippen LogP) is 4.12. The number of rotatable bonds is 0. The second kappa shape index (κ2) is 7.39. The van der Waals surface area contributed by atoms with Crippen LogP contribution < -0.4 is 24.8 Å². The van der Waals surface area contributed by atoms with Crippen molar-refractivity contribution in [2.75, 3.05) is 31.1 Å². The molecule has 0 radical (unpaired) electrons. The highest BCUT2D eigenvalue weighted by Crippen LogP contribution is 2.47. The second-order valence-corrected chi connectivity index (χ2v) is 9.59. The summed E-state index contributed by atoms with van der Waals surface area (Å²) in [4.78, 5) is 2.63. The van der Waals surface area contributed by atoms with Crippen molar-refractivity contribution in [1.82, 2.24) is 4.58 Å². The van der Waals surface area contributed by atoms with E-state index >= 15 is 0 Å². The highest BCUT2D eigenvalue weighted by atomic mass is 16.5. The maximum atomic E-state index is 6.91. The average molecular weight is 416 g/mol. The predicted molar refractivity (Wildman–Crippen MR) is 128 cm³/mol. The molecule has 0 N–H and O–H groups in total. The number of hydrogen-bond donors (Lipinski definition) is 0. The van der Waals surface area contributed by atoms with Crippen molar-refractivity contribution in [1.29, 1.82) is 0 Å². The lowest BCUT2D eigenvalue weighted by molar-refractivity contribution is 0.431. The minimum absolute atomic E-state index is 1.16. The summed E-state index contributed by atoms with van der Waals surface area (Å²) in [5.41, 5.74) is 10.4. The van der Waals surface area contributed by atoms with Gasteiger partial charge in [-0.2, -0.15) is 0 Å². The first-order chi connectivity index (χ1) is 15.3. The first-order valence-electron chi connectivity index (χ1n) is 12.7. The molecule has 7 rings (SSSR count). The summed E-state index contributed by atoms with van der Waals surface area (Å²) < 4.78 is 9.54. The van der Waals surface area contributed by atoms with Gasteiger partial charge in [0.25, 0.3) is 0 Å². The normalized spacial score (nSPS) is 19.9. The molecule has 0 unspecified atom stereocenters. The zero-order valence-electron chi connectivity index (χ0n) is 19.4. The summed E-state index contributed by atoms with van der Waals surface area (Å²) in [6, 6.07) is 4.95. The molecule has 0 aliphatic carbocycles. The quantitative estimate of drug-likeness (QED) is 0.602. The van der Waals surface area contributed by atoms with E-state index in [1.54, 1.807) is 11.1 Å². The third-order valence-corrected chi connectivity index (χ3v) is 7.96. The van der Waals surface area contributed by atoms with E-state index in [4.69, 9.17) is 4.74 Å². The van der Waals surface area contributed by atoms with Crippen LogP contribution in [-0.2, 0) is 25.7 Å². The summed E-state index contributed by atoms with van der Waals surface area (Å²) in [7, 11) is 0. The highest BCUT2D eigenvalue weighted by Gasteiger charge is 2.34. The lowest BCUT2D eigenvalue weighted by Crippen LogP contribution is -2.45. The van der Waals surface area contributed by atoms with E-state index in [9.17, 15) is 0 Å². The molecule has 5 aliphatic heterocycles. The molecule has 0 saturated heterocycles. The summed E-state index contributed by atoms with van der Waals surface area (Å²) in [6.45, 7) is 11.2.